The smallest absolute Gasteiger partial charge is 0.307 e. The summed E-state index contributed by atoms with van der Waals surface area (Å²) in [6.45, 7) is 3.90. The molecule has 0 aliphatic carbocycles. The van der Waals surface area contributed by atoms with Gasteiger partial charge in [-0.25, -0.2) is 0 Å². The first-order valence-corrected chi connectivity index (χ1v) is 5.34. The number of carbonyl (C=O) groups excluding carboxylic acids is 1. The Balaban J connectivity index is 2.29. The summed E-state index contributed by atoms with van der Waals surface area (Å²) >= 11 is 0. The zero-order chi connectivity index (χ0) is 12.6. The summed E-state index contributed by atoms with van der Waals surface area (Å²) in [5.41, 5.74) is 0.565. The van der Waals surface area contributed by atoms with Gasteiger partial charge in [0.2, 0.25) is 0 Å². The second-order valence-corrected chi connectivity index (χ2v) is 4.88. The fourth-order valence-electron chi connectivity index (χ4n) is 2.09. The summed E-state index contributed by atoms with van der Waals surface area (Å²) in [6.07, 6.45) is 0.0464. The first-order valence-electron chi connectivity index (χ1n) is 5.34. The number of rotatable bonds is 2. The van der Waals surface area contributed by atoms with E-state index >= 15 is 0 Å². The maximum Gasteiger partial charge on any atom is 0.307 e. The van der Waals surface area contributed by atoms with Gasteiger partial charge >= 0.3 is 5.97 Å². The average Bonchev–Trinajstić information content (AvgIpc) is 2.52. The highest BCUT2D eigenvalue weighted by molar-refractivity contribution is 5.73. The van der Waals surface area contributed by atoms with Gasteiger partial charge in [-0.3, -0.25) is 14.9 Å². The Bertz CT molecular complexity index is 464. The zero-order valence-corrected chi connectivity index (χ0v) is 9.67. The van der Waals surface area contributed by atoms with E-state index in [0.29, 0.717) is 6.42 Å². The number of ether oxygens (including phenoxy) is 1. The molecule has 0 radical (unpaired) electrons. The van der Waals surface area contributed by atoms with E-state index in [0.717, 1.165) is 5.56 Å². The van der Waals surface area contributed by atoms with Crippen LogP contribution in [0.2, 0.25) is 0 Å². The van der Waals surface area contributed by atoms with Crippen molar-refractivity contribution >= 4 is 11.7 Å². The van der Waals surface area contributed by atoms with Crippen LogP contribution >= 0.6 is 0 Å². The molecule has 0 N–H and O–H groups in total. The molecule has 1 aromatic carbocycles. The number of non-ortho nitro benzene ring substituents is 1. The van der Waals surface area contributed by atoms with Crippen LogP contribution in [0.25, 0.3) is 0 Å². The molecule has 5 nitrogen and oxygen atoms in total. The second kappa shape index (κ2) is 3.84. The highest BCUT2D eigenvalue weighted by atomic mass is 16.6. The number of nitro benzene ring substituents is 1. The fraction of sp³-hybridized carbons (Fsp3) is 0.417. The van der Waals surface area contributed by atoms with E-state index in [9.17, 15) is 14.9 Å². The van der Waals surface area contributed by atoms with E-state index in [1.165, 1.54) is 12.1 Å². The molecule has 1 aliphatic heterocycles. The van der Waals surface area contributed by atoms with Crippen molar-refractivity contribution in [1.82, 2.24) is 0 Å². The molecule has 1 aromatic rings. The number of benzene rings is 1. The van der Waals surface area contributed by atoms with Crippen molar-refractivity contribution in [2.24, 2.45) is 5.41 Å². The molecular formula is C12H13NO4. The van der Waals surface area contributed by atoms with Crippen molar-refractivity contribution < 1.29 is 14.5 Å². The lowest BCUT2D eigenvalue weighted by atomic mass is 9.82. The normalized spacial score (nSPS) is 22.2. The number of nitrogens with zero attached hydrogens (tertiary/aromatic N) is 1. The monoisotopic (exact) mass is 235 g/mol. The van der Waals surface area contributed by atoms with E-state index in [4.69, 9.17) is 4.74 Å². The van der Waals surface area contributed by atoms with E-state index < -0.39 is 4.92 Å². The molecule has 1 atom stereocenters. The average molecular weight is 235 g/mol. The Morgan fingerprint density at radius 1 is 1.35 bits per heavy atom. The molecule has 1 fully saturated rings. The van der Waals surface area contributed by atoms with Gasteiger partial charge in [-0.05, 0) is 17.7 Å². The fourth-order valence-corrected chi connectivity index (χ4v) is 2.09. The molecule has 17 heavy (non-hydrogen) atoms. The van der Waals surface area contributed by atoms with E-state index in [2.05, 4.69) is 0 Å². The molecule has 0 saturated carbocycles. The maximum atomic E-state index is 11.3. The molecule has 0 amide bonds. The van der Waals surface area contributed by atoms with Gasteiger partial charge in [0.25, 0.3) is 5.69 Å². The van der Waals surface area contributed by atoms with Crippen LogP contribution in [0.4, 0.5) is 5.69 Å². The van der Waals surface area contributed by atoms with Gasteiger partial charge in [-0.15, -0.1) is 0 Å². The first-order chi connectivity index (χ1) is 7.90. The Morgan fingerprint density at radius 2 is 1.94 bits per heavy atom. The van der Waals surface area contributed by atoms with Crippen molar-refractivity contribution in [3.8, 4) is 0 Å². The van der Waals surface area contributed by atoms with Gasteiger partial charge in [-0.1, -0.05) is 13.8 Å². The summed E-state index contributed by atoms with van der Waals surface area (Å²) < 4.78 is 5.25. The molecule has 5 heteroatoms. The third-order valence-electron chi connectivity index (χ3n) is 2.97. The third-order valence-corrected chi connectivity index (χ3v) is 2.97. The number of nitro groups is 1. The van der Waals surface area contributed by atoms with Gasteiger partial charge in [0.05, 0.1) is 11.3 Å². The molecule has 0 spiro atoms. The lowest BCUT2D eigenvalue weighted by Gasteiger charge is -2.23. The van der Waals surface area contributed by atoms with Gasteiger partial charge in [0.1, 0.15) is 6.10 Å². The number of hydrogen-bond donors (Lipinski definition) is 0. The minimum Gasteiger partial charge on any atom is -0.457 e. The van der Waals surface area contributed by atoms with E-state index in [-0.39, 0.29) is 23.2 Å². The van der Waals surface area contributed by atoms with Gasteiger partial charge in [-0.2, -0.15) is 0 Å². The maximum absolute atomic E-state index is 11.3. The number of carbonyl (C=O) groups is 1. The molecule has 2 rings (SSSR count). The van der Waals surface area contributed by atoms with Crippen LogP contribution in [-0.4, -0.2) is 10.9 Å². The molecule has 1 heterocycles. The summed E-state index contributed by atoms with van der Waals surface area (Å²) in [5, 5.41) is 10.5. The van der Waals surface area contributed by atoms with Crippen LogP contribution in [0.5, 0.6) is 0 Å². The summed E-state index contributed by atoms with van der Waals surface area (Å²) in [5.74, 6) is -0.224. The minimum absolute atomic E-state index is 0.0379. The van der Waals surface area contributed by atoms with Gasteiger partial charge in [0, 0.05) is 17.5 Å². The molecular weight excluding hydrogens is 222 g/mol. The van der Waals surface area contributed by atoms with Crippen molar-refractivity contribution in [1.29, 1.82) is 0 Å². The highest BCUT2D eigenvalue weighted by Gasteiger charge is 2.42. The Hall–Kier alpha value is -1.91. The zero-order valence-electron chi connectivity index (χ0n) is 9.67. The topological polar surface area (TPSA) is 69.4 Å². The minimum atomic E-state index is -0.449. The van der Waals surface area contributed by atoms with Crippen molar-refractivity contribution in [3.05, 3.63) is 39.9 Å². The first kappa shape index (κ1) is 11.6. The van der Waals surface area contributed by atoms with Crippen molar-refractivity contribution in [2.45, 2.75) is 26.4 Å². The molecule has 90 valence electrons. The second-order valence-electron chi connectivity index (χ2n) is 4.88. The number of esters is 1. The van der Waals surface area contributed by atoms with Crippen LogP contribution < -0.4 is 0 Å². The lowest BCUT2D eigenvalue weighted by Crippen LogP contribution is -2.16. The summed E-state index contributed by atoms with van der Waals surface area (Å²) in [7, 11) is 0. The van der Waals surface area contributed by atoms with E-state index in [1.54, 1.807) is 12.1 Å². The van der Waals surface area contributed by atoms with Crippen LogP contribution in [0.3, 0.4) is 0 Å². The Morgan fingerprint density at radius 3 is 2.35 bits per heavy atom. The van der Waals surface area contributed by atoms with Crippen molar-refractivity contribution in [2.75, 3.05) is 0 Å². The van der Waals surface area contributed by atoms with Crippen LogP contribution in [0.1, 0.15) is 31.9 Å². The summed E-state index contributed by atoms with van der Waals surface area (Å²) in [4.78, 5) is 21.4. The highest BCUT2D eigenvalue weighted by Crippen LogP contribution is 2.45. The van der Waals surface area contributed by atoms with Crippen LogP contribution in [0, 0.1) is 15.5 Å². The third kappa shape index (κ3) is 2.13. The molecule has 1 saturated heterocycles. The quantitative estimate of drug-likeness (QED) is 0.449. The summed E-state index contributed by atoms with van der Waals surface area (Å²) in [6, 6.07) is 6.14. The molecule has 0 bridgehead atoms. The predicted molar refractivity (Wildman–Crippen MR) is 60.3 cm³/mol. The van der Waals surface area contributed by atoms with Crippen LogP contribution in [0.15, 0.2) is 24.3 Å². The van der Waals surface area contributed by atoms with Crippen molar-refractivity contribution in [3.63, 3.8) is 0 Å². The molecule has 1 aliphatic rings. The SMILES string of the molecule is CC1(C)CC(=O)OC1c1ccc([N+](=O)[O-])cc1. The lowest BCUT2D eigenvalue weighted by molar-refractivity contribution is -0.384. The van der Waals surface area contributed by atoms with Gasteiger partial charge < -0.3 is 4.74 Å². The molecule has 0 aromatic heterocycles. The largest absolute Gasteiger partial charge is 0.457 e. The Kier molecular flexibility index (Phi) is 2.61. The van der Waals surface area contributed by atoms with Crippen LogP contribution in [-0.2, 0) is 9.53 Å². The standard InChI is InChI=1S/C12H13NO4/c1-12(2)7-10(14)17-11(12)8-3-5-9(6-4-8)13(15)16/h3-6,11H,7H2,1-2H3. The Labute approximate surface area is 98.5 Å². The predicted octanol–water partition coefficient (Wildman–Crippen LogP) is 2.61. The van der Waals surface area contributed by atoms with Gasteiger partial charge in [0.15, 0.2) is 0 Å². The number of hydrogen-bond acceptors (Lipinski definition) is 4. The van der Waals surface area contributed by atoms with E-state index in [1.807, 2.05) is 13.8 Å². The number of cyclic esters (lactones) is 1. The molecule has 1 unspecified atom stereocenters.